The van der Waals surface area contributed by atoms with E-state index < -0.39 is 0 Å². The molecule has 0 spiro atoms. The van der Waals surface area contributed by atoms with Gasteiger partial charge >= 0.3 is 6.01 Å². The minimum atomic E-state index is 0.248. The highest BCUT2D eigenvalue weighted by Gasteiger charge is 2.20. The lowest BCUT2D eigenvalue weighted by atomic mass is 10.2. The summed E-state index contributed by atoms with van der Waals surface area (Å²) in [5.41, 5.74) is 3.19. The summed E-state index contributed by atoms with van der Waals surface area (Å²) >= 11 is 0. The van der Waals surface area contributed by atoms with Crippen molar-refractivity contribution in [2.75, 3.05) is 45.4 Å². The third-order valence-corrected chi connectivity index (χ3v) is 4.08. The van der Waals surface area contributed by atoms with Crippen molar-refractivity contribution in [1.82, 2.24) is 24.6 Å². The van der Waals surface area contributed by atoms with Crippen molar-refractivity contribution in [2.24, 2.45) is 0 Å². The number of aromatic nitrogens is 5. The van der Waals surface area contributed by atoms with Crippen molar-refractivity contribution in [3.63, 3.8) is 0 Å². The van der Waals surface area contributed by atoms with Crippen molar-refractivity contribution in [3.05, 3.63) is 24.7 Å². The molecule has 3 aromatic heterocycles. The molecule has 0 unspecified atom stereocenters. The van der Waals surface area contributed by atoms with Crippen LogP contribution in [0, 0.1) is 0 Å². The minimum Gasteiger partial charge on any atom is -0.480 e. The molecule has 0 aromatic carbocycles. The number of hydrogen-bond acceptors (Lipinski definition) is 8. The summed E-state index contributed by atoms with van der Waals surface area (Å²) in [7, 11) is 3.07. The highest BCUT2D eigenvalue weighted by atomic mass is 16.5. The van der Waals surface area contributed by atoms with Gasteiger partial charge in [-0.15, -0.1) is 0 Å². The second kappa shape index (κ2) is 6.52. The van der Waals surface area contributed by atoms with Gasteiger partial charge in [-0.25, -0.2) is 14.5 Å². The van der Waals surface area contributed by atoms with Crippen molar-refractivity contribution in [1.29, 1.82) is 0 Å². The number of anilines is 1. The fourth-order valence-electron chi connectivity index (χ4n) is 2.85. The highest BCUT2D eigenvalue weighted by Crippen LogP contribution is 2.31. The monoisotopic (exact) mass is 342 g/mol. The molecule has 3 aromatic rings. The van der Waals surface area contributed by atoms with Gasteiger partial charge in [0.05, 0.1) is 38.7 Å². The second-order valence-corrected chi connectivity index (χ2v) is 5.49. The molecule has 0 radical (unpaired) electrons. The second-order valence-electron chi connectivity index (χ2n) is 5.49. The number of methoxy groups -OCH3 is 2. The molecule has 1 aliphatic heterocycles. The summed E-state index contributed by atoms with van der Waals surface area (Å²) < 4.78 is 17.7. The SMILES string of the molecule is COc1ncc(-c2cc(N3CCOCC3)c3nccn3n2)c(OC)n1. The molecule has 4 rings (SSSR count). The summed E-state index contributed by atoms with van der Waals surface area (Å²) in [4.78, 5) is 15.1. The van der Waals surface area contributed by atoms with Crippen LogP contribution in [0.1, 0.15) is 0 Å². The van der Waals surface area contributed by atoms with Crippen LogP contribution in [0.2, 0.25) is 0 Å². The van der Waals surface area contributed by atoms with Gasteiger partial charge in [-0.3, -0.25) is 0 Å². The molecule has 25 heavy (non-hydrogen) atoms. The van der Waals surface area contributed by atoms with Gasteiger partial charge in [0.1, 0.15) is 5.69 Å². The molecule has 0 saturated carbocycles. The Hall–Kier alpha value is -2.94. The van der Waals surface area contributed by atoms with E-state index in [0.717, 1.165) is 24.4 Å². The van der Waals surface area contributed by atoms with Crippen LogP contribution in [0.25, 0.3) is 16.9 Å². The fraction of sp³-hybridized carbons (Fsp3) is 0.375. The van der Waals surface area contributed by atoms with Gasteiger partial charge in [-0.05, 0) is 6.07 Å². The van der Waals surface area contributed by atoms with E-state index in [1.54, 1.807) is 24.0 Å². The summed E-state index contributed by atoms with van der Waals surface area (Å²) in [5, 5.41) is 4.62. The van der Waals surface area contributed by atoms with Gasteiger partial charge in [-0.1, -0.05) is 0 Å². The Balaban J connectivity index is 1.85. The van der Waals surface area contributed by atoms with Crippen LogP contribution in [0.3, 0.4) is 0 Å². The van der Waals surface area contributed by atoms with Gasteiger partial charge in [0.25, 0.3) is 0 Å². The smallest absolute Gasteiger partial charge is 0.319 e. The number of rotatable bonds is 4. The Labute approximate surface area is 144 Å². The number of imidazole rings is 1. The van der Waals surface area contributed by atoms with Crippen LogP contribution < -0.4 is 14.4 Å². The topological polar surface area (TPSA) is 86.9 Å². The van der Waals surface area contributed by atoms with Crippen molar-refractivity contribution < 1.29 is 14.2 Å². The predicted molar refractivity (Wildman–Crippen MR) is 90.1 cm³/mol. The molecule has 1 aliphatic rings. The zero-order valence-corrected chi connectivity index (χ0v) is 14.0. The molecule has 0 N–H and O–H groups in total. The molecule has 1 saturated heterocycles. The molecule has 9 nitrogen and oxygen atoms in total. The Bertz CT molecular complexity index is 891. The van der Waals surface area contributed by atoms with Crippen LogP contribution in [-0.4, -0.2) is 65.1 Å². The van der Waals surface area contributed by atoms with Gasteiger partial charge in [-0.2, -0.15) is 10.1 Å². The van der Waals surface area contributed by atoms with Gasteiger partial charge in [0.2, 0.25) is 5.88 Å². The van der Waals surface area contributed by atoms with Crippen LogP contribution in [0.4, 0.5) is 5.69 Å². The van der Waals surface area contributed by atoms with E-state index in [2.05, 4.69) is 25.0 Å². The van der Waals surface area contributed by atoms with E-state index >= 15 is 0 Å². The van der Waals surface area contributed by atoms with E-state index in [1.807, 2.05) is 12.3 Å². The van der Waals surface area contributed by atoms with E-state index in [4.69, 9.17) is 14.2 Å². The summed E-state index contributed by atoms with van der Waals surface area (Å²) in [6.07, 6.45) is 5.20. The number of fused-ring (bicyclic) bond motifs is 1. The number of nitrogens with zero attached hydrogens (tertiary/aromatic N) is 6. The molecule has 0 atom stereocenters. The van der Waals surface area contributed by atoms with Crippen LogP contribution in [-0.2, 0) is 4.74 Å². The van der Waals surface area contributed by atoms with Crippen LogP contribution >= 0.6 is 0 Å². The third kappa shape index (κ3) is 2.82. The van der Waals surface area contributed by atoms with Crippen molar-refractivity contribution in [2.45, 2.75) is 0 Å². The first-order valence-electron chi connectivity index (χ1n) is 7.92. The molecule has 0 aliphatic carbocycles. The molecule has 9 heteroatoms. The highest BCUT2D eigenvalue weighted by molar-refractivity contribution is 5.76. The normalized spacial score (nSPS) is 14.7. The maximum atomic E-state index is 5.45. The Morgan fingerprint density at radius 2 is 1.96 bits per heavy atom. The lowest BCUT2D eigenvalue weighted by Gasteiger charge is -2.29. The molecule has 1 fully saturated rings. The molecule has 0 bridgehead atoms. The van der Waals surface area contributed by atoms with Gasteiger partial charge in [0.15, 0.2) is 5.65 Å². The fourth-order valence-corrected chi connectivity index (χ4v) is 2.85. The van der Waals surface area contributed by atoms with Crippen molar-refractivity contribution >= 4 is 11.3 Å². The molecule has 0 amide bonds. The maximum absolute atomic E-state index is 5.45. The molecule has 130 valence electrons. The third-order valence-electron chi connectivity index (χ3n) is 4.08. The van der Waals surface area contributed by atoms with E-state index in [1.165, 1.54) is 7.11 Å². The standard InChI is InChI=1S/C16H18N6O3/c1-23-15-11(10-18-16(19-15)24-2)12-9-13(21-5-7-25-8-6-21)14-17-3-4-22(14)20-12/h3-4,9-10H,5-8H2,1-2H3. The number of morpholine rings is 1. The van der Waals surface area contributed by atoms with E-state index in [0.29, 0.717) is 30.4 Å². The average Bonchev–Trinajstić information content (AvgIpc) is 3.16. The van der Waals surface area contributed by atoms with Crippen molar-refractivity contribution in [3.8, 4) is 23.1 Å². The summed E-state index contributed by atoms with van der Waals surface area (Å²) in [5.74, 6) is 0.409. The molecule has 4 heterocycles. The Morgan fingerprint density at radius 3 is 2.72 bits per heavy atom. The predicted octanol–water partition coefficient (Wildman–Crippen LogP) is 1.04. The molecular formula is C16H18N6O3. The maximum Gasteiger partial charge on any atom is 0.319 e. The van der Waals surface area contributed by atoms with E-state index in [9.17, 15) is 0 Å². The van der Waals surface area contributed by atoms with Gasteiger partial charge < -0.3 is 19.1 Å². The zero-order valence-electron chi connectivity index (χ0n) is 14.0. The van der Waals surface area contributed by atoms with E-state index in [-0.39, 0.29) is 6.01 Å². The van der Waals surface area contributed by atoms with Crippen LogP contribution in [0.15, 0.2) is 24.7 Å². The lowest BCUT2D eigenvalue weighted by Crippen LogP contribution is -2.36. The largest absolute Gasteiger partial charge is 0.480 e. The first-order chi connectivity index (χ1) is 12.3. The number of hydrogen-bond donors (Lipinski definition) is 0. The Morgan fingerprint density at radius 1 is 1.12 bits per heavy atom. The number of ether oxygens (including phenoxy) is 3. The van der Waals surface area contributed by atoms with Crippen LogP contribution in [0.5, 0.6) is 11.9 Å². The average molecular weight is 342 g/mol. The summed E-state index contributed by atoms with van der Waals surface area (Å²) in [6.45, 7) is 3.00. The Kier molecular flexibility index (Phi) is 4.06. The summed E-state index contributed by atoms with van der Waals surface area (Å²) in [6, 6.07) is 2.24. The zero-order chi connectivity index (χ0) is 17.2. The first-order valence-corrected chi connectivity index (χ1v) is 7.92. The first kappa shape index (κ1) is 15.6. The van der Waals surface area contributed by atoms with Gasteiger partial charge in [0, 0.05) is 31.7 Å². The molecular weight excluding hydrogens is 324 g/mol. The quantitative estimate of drug-likeness (QED) is 0.695. The lowest BCUT2D eigenvalue weighted by molar-refractivity contribution is 0.123. The minimum absolute atomic E-state index is 0.248.